The van der Waals surface area contributed by atoms with Crippen LogP contribution in [0.15, 0.2) is 42.6 Å². The van der Waals surface area contributed by atoms with Crippen molar-refractivity contribution in [1.29, 1.82) is 0 Å². The average molecular weight is 283 g/mol. The minimum Gasteiger partial charge on any atom is -0.493 e. The van der Waals surface area contributed by atoms with Gasteiger partial charge in [-0.3, -0.25) is 0 Å². The molecule has 110 valence electrons. The molecule has 4 nitrogen and oxygen atoms in total. The van der Waals surface area contributed by atoms with Gasteiger partial charge in [-0.15, -0.1) is 0 Å². The van der Waals surface area contributed by atoms with Gasteiger partial charge in [0.15, 0.2) is 5.82 Å². The molecule has 2 unspecified atom stereocenters. The highest BCUT2D eigenvalue weighted by atomic mass is 16.5. The second kappa shape index (κ2) is 5.64. The molecule has 0 saturated heterocycles. The number of hydrogen-bond acceptors (Lipinski definition) is 4. The van der Waals surface area contributed by atoms with Crippen LogP contribution in [0.25, 0.3) is 0 Å². The van der Waals surface area contributed by atoms with Crippen LogP contribution in [0.4, 0.5) is 11.5 Å². The molecule has 2 heterocycles. The molecule has 1 aliphatic heterocycles. The SMILES string of the molecule is CC1COc2ccccc2C1Nc1cccnc1N(C)C. The average Bonchev–Trinajstić information content (AvgIpc) is 2.50. The number of nitrogens with one attached hydrogen (secondary N) is 1. The number of benzene rings is 1. The van der Waals surface area contributed by atoms with Crippen molar-refractivity contribution in [2.45, 2.75) is 13.0 Å². The first kappa shape index (κ1) is 13.7. The number of hydrogen-bond donors (Lipinski definition) is 1. The van der Waals surface area contributed by atoms with Gasteiger partial charge >= 0.3 is 0 Å². The van der Waals surface area contributed by atoms with Gasteiger partial charge in [0.05, 0.1) is 18.3 Å². The Labute approximate surface area is 125 Å². The maximum atomic E-state index is 5.82. The predicted octanol–water partition coefficient (Wildman–Crippen LogP) is 3.33. The van der Waals surface area contributed by atoms with Crippen LogP contribution in [0.3, 0.4) is 0 Å². The molecule has 1 N–H and O–H groups in total. The summed E-state index contributed by atoms with van der Waals surface area (Å²) in [4.78, 5) is 6.48. The molecule has 21 heavy (non-hydrogen) atoms. The van der Waals surface area contributed by atoms with Crippen molar-refractivity contribution < 1.29 is 4.74 Å². The number of rotatable bonds is 3. The number of pyridine rings is 1. The normalized spacial score (nSPS) is 20.3. The molecule has 0 aliphatic carbocycles. The summed E-state index contributed by atoms with van der Waals surface area (Å²) in [6, 6.07) is 12.5. The Morgan fingerprint density at radius 2 is 2.00 bits per heavy atom. The molecule has 0 radical (unpaired) electrons. The van der Waals surface area contributed by atoms with E-state index in [9.17, 15) is 0 Å². The van der Waals surface area contributed by atoms with E-state index in [1.807, 2.05) is 43.4 Å². The quantitative estimate of drug-likeness (QED) is 0.937. The third-order valence-corrected chi connectivity index (χ3v) is 3.85. The Balaban J connectivity index is 1.95. The van der Waals surface area contributed by atoms with Crippen molar-refractivity contribution in [2.75, 3.05) is 30.9 Å². The molecule has 1 aliphatic rings. The van der Waals surface area contributed by atoms with Gasteiger partial charge in [-0.2, -0.15) is 0 Å². The number of anilines is 2. The van der Waals surface area contributed by atoms with E-state index >= 15 is 0 Å². The zero-order valence-electron chi connectivity index (χ0n) is 12.7. The highest BCUT2D eigenvalue weighted by Gasteiger charge is 2.28. The largest absolute Gasteiger partial charge is 0.493 e. The van der Waals surface area contributed by atoms with E-state index in [1.54, 1.807) is 0 Å². The van der Waals surface area contributed by atoms with Crippen molar-refractivity contribution >= 4 is 11.5 Å². The second-order valence-corrected chi connectivity index (χ2v) is 5.72. The fraction of sp³-hybridized carbons (Fsp3) is 0.353. The molecular weight excluding hydrogens is 262 g/mol. The summed E-state index contributed by atoms with van der Waals surface area (Å²) in [7, 11) is 4.02. The fourth-order valence-corrected chi connectivity index (χ4v) is 2.75. The van der Waals surface area contributed by atoms with E-state index in [4.69, 9.17) is 4.74 Å². The molecule has 2 atom stereocenters. The first-order chi connectivity index (χ1) is 10.2. The molecule has 2 aromatic rings. The summed E-state index contributed by atoms with van der Waals surface area (Å²) in [6.45, 7) is 2.94. The van der Waals surface area contributed by atoms with Crippen LogP contribution in [0.2, 0.25) is 0 Å². The monoisotopic (exact) mass is 283 g/mol. The lowest BCUT2D eigenvalue weighted by Crippen LogP contribution is -2.29. The fourth-order valence-electron chi connectivity index (χ4n) is 2.75. The Morgan fingerprint density at radius 3 is 2.81 bits per heavy atom. The van der Waals surface area contributed by atoms with Crippen molar-refractivity contribution in [3.63, 3.8) is 0 Å². The summed E-state index contributed by atoms with van der Waals surface area (Å²) in [6.07, 6.45) is 1.82. The number of ether oxygens (including phenoxy) is 1. The third-order valence-electron chi connectivity index (χ3n) is 3.85. The first-order valence-electron chi connectivity index (χ1n) is 7.27. The Bertz CT molecular complexity index is 627. The van der Waals surface area contributed by atoms with Gasteiger partial charge < -0.3 is 15.0 Å². The standard InChI is InChI=1S/C17H21N3O/c1-12-11-21-15-9-5-4-7-13(15)16(12)19-14-8-6-10-18-17(14)20(2)3/h4-10,12,16,19H,11H2,1-3H3. The van der Waals surface area contributed by atoms with Crippen molar-refractivity contribution in [3.05, 3.63) is 48.2 Å². The summed E-state index contributed by atoms with van der Waals surface area (Å²) in [5.74, 6) is 2.33. The van der Waals surface area contributed by atoms with Crippen LogP contribution in [0, 0.1) is 5.92 Å². The molecule has 0 spiro atoms. The molecule has 1 aromatic carbocycles. The summed E-state index contributed by atoms with van der Waals surface area (Å²) >= 11 is 0. The highest BCUT2D eigenvalue weighted by molar-refractivity contribution is 5.66. The van der Waals surface area contributed by atoms with Crippen LogP contribution in [0.1, 0.15) is 18.5 Å². The third kappa shape index (κ3) is 2.66. The van der Waals surface area contributed by atoms with Crippen molar-refractivity contribution in [3.8, 4) is 5.75 Å². The summed E-state index contributed by atoms with van der Waals surface area (Å²) in [5, 5.41) is 3.65. The maximum Gasteiger partial charge on any atom is 0.151 e. The number of para-hydroxylation sites is 1. The minimum absolute atomic E-state index is 0.234. The van der Waals surface area contributed by atoms with Crippen LogP contribution in [0.5, 0.6) is 5.75 Å². The van der Waals surface area contributed by atoms with Gasteiger partial charge in [0.25, 0.3) is 0 Å². The van der Waals surface area contributed by atoms with Gasteiger partial charge in [0, 0.05) is 31.8 Å². The summed E-state index contributed by atoms with van der Waals surface area (Å²) < 4.78 is 5.82. The van der Waals surface area contributed by atoms with Gasteiger partial charge in [-0.05, 0) is 18.2 Å². The lowest BCUT2D eigenvalue weighted by atomic mass is 9.92. The number of aromatic nitrogens is 1. The molecule has 3 rings (SSSR count). The molecule has 0 bridgehead atoms. The summed E-state index contributed by atoms with van der Waals surface area (Å²) in [5.41, 5.74) is 2.26. The van der Waals surface area contributed by atoms with Crippen molar-refractivity contribution in [1.82, 2.24) is 4.98 Å². The van der Waals surface area contributed by atoms with Crippen LogP contribution in [-0.2, 0) is 0 Å². The zero-order chi connectivity index (χ0) is 14.8. The van der Waals surface area contributed by atoms with E-state index in [1.165, 1.54) is 5.56 Å². The van der Waals surface area contributed by atoms with Crippen molar-refractivity contribution in [2.24, 2.45) is 5.92 Å². The van der Waals surface area contributed by atoms with E-state index < -0.39 is 0 Å². The lowest BCUT2D eigenvalue weighted by Gasteiger charge is -2.33. The van der Waals surface area contributed by atoms with Gasteiger partial charge in [0.1, 0.15) is 5.75 Å². The number of nitrogens with zero attached hydrogens (tertiary/aromatic N) is 2. The van der Waals surface area contributed by atoms with Crippen LogP contribution >= 0.6 is 0 Å². The maximum absolute atomic E-state index is 5.82. The molecular formula is C17H21N3O. The van der Waals surface area contributed by atoms with E-state index in [0.717, 1.165) is 23.9 Å². The predicted molar refractivity (Wildman–Crippen MR) is 86.0 cm³/mol. The molecule has 0 fully saturated rings. The molecule has 0 saturated carbocycles. The van der Waals surface area contributed by atoms with Crippen LogP contribution < -0.4 is 15.0 Å². The zero-order valence-corrected chi connectivity index (χ0v) is 12.7. The Morgan fingerprint density at radius 1 is 1.19 bits per heavy atom. The van der Waals surface area contributed by atoms with E-state index in [-0.39, 0.29) is 6.04 Å². The van der Waals surface area contributed by atoms with E-state index in [0.29, 0.717) is 5.92 Å². The topological polar surface area (TPSA) is 37.4 Å². The Hall–Kier alpha value is -2.23. The molecule has 1 aromatic heterocycles. The lowest BCUT2D eigenvalue weighted by molar-refractivity contribution is 0.214. The van der Waals surface area contributed by atoms with Gasteiger partial charge in [0.2, 0.25) is 0 Å². The first-order valence-corrected chi connectivity index (χ1v) is 7.27. The van der Waals surface area contributed by atoms with Gasteiger partial charge in [-0.1, -0.05) is 25.1 Å². The molecule has 0 amide bonds. The molecule has 4 heteroatoms. The minimum atomic E-state index is 0.234. The second-order valence-electron chi connectivity index (χ2n) is 5.72. The smallest absolute Gasteiger partial charge is 0.151 e. The highest BCUT2D eigenvalue weighted by Crippen LogP contribution is 2.38. The van der Waals surface area contributed by atoms with E-state index in [2.05, 4.69) is 35.4 Å². The van der Waals surface area contributed by atoms with Crippen LogP contribution in [-0.4, -0.2) is 25.7 Å². The Kier molecular flexibility index (Phi) is 3.69. The number of fused-ring (bicyclic) bond motifs is 1. The van der Waals surface area contributed by atoms with Gasteiger partial charge in [-0.25, -0.2) is 4.98 Å².